The number of thiazole rings is 1. The van der Waals surface area contributed by atoms with E-state index < -0.39 is 0 Å². The van der Waals surface area contributed by atoms with Gasteiger partial charge in [-0.3, -0.25) is 0 Å². The van der Waals surface area contributed by atoms with Crippen molar-refractivity contribution in [2.45, 2.75) is 25.7 Å². The Bertz CT molecular complexity index is 1170. The molecule has 3 aromatic carbocycles. The lowest BCUT2D eigenvalue weighted by molar-refractivity contribution is 0.415. The summed E-state index contributed by atoms with van der Waals surface area (Å²) in [6.45, 7) is 2.07. The highest BCUT2D eigenvalue weighted by molar-refractivity contribution is 7.18. The van der Waals surface area contributed by atoms with Gasteiger partial charge in [-0.25, -0.2) is 4.98 Å². The van der Waals surface area contributed by atoms with E-state index in [1.165, 1.54) is 11.1 Å². The molecule has 1 heterocycles. The third-order valence-electron chi connectivity index (χ3n) is 4.89. The van der Waals surface area contributed by atoms with Gasteiger partial charge in [0.1, 0.15) is 10.8 Å². The molecule has 0 aliphatic carbocycles. The molecule has 1 unspecified atom stereocenters. The second kappa shape index (κ2) is 8.94. The number of aromatic nitrogens is 1. The van der Waals surface area contributed by atoms with Crippen LogP contribution in [0.4, 0.5) is 0 Å². The van der Waals surface area contributed by atoms with Gasteiger partial charge >= 0.3 is 0 Å². The molecule has 0 N–H and O–H groups in total. The highest BCUT2D eigenvalue weighted by atomic mass is 32.1. The van der Waals surface area contributed by atoms with E-state index in [0.717, 1.165) is 39.4 Å². The number of ether oxygens (including phenoxy) is 1. The second-order valence-electron chi connectivity index (χ2n) is 6.91. The third kappa shape index (κ3) is 4.50. The van der Waals surface area contributed by atoms with Gasteiger partial charge in [-0.2, -0.15) is 0 Å². The molecule has 1 atom stereocenters. The number of nitrogens with zero attached hydrogens (tertiary/aromatic N) is 1. The van der Waals surface area contributed by atoms with Gasteiger partial charge in [0.15, 0.2) is 0 Å². The summed E-state index contributed by atoms with van der Waals surface area (Å²) in [5.41, 5.74) is 4.65. The normalized spacial score (nSPS) is 11.7. The molecule has 0 radical (unpaired) electrons. The van der Waals surface area contributed by atoms with Crippen LogP contribution < -0.4 is 4.74 Å². The van der Waals surface area contributed by atoms with E-state index >= 15 is 0 Å². The molecule has 1 aromatic heterocycles. The minimum absolute atomic E-state index is 0.203. The Hall–Kier alpha value is -3.09. The van der Waals surface area contributed by atoms with E-state index in [1.54, 1.807) is 18.4 Å². The molecule has 0 bridgehead atoms. The number of methoxy groups -OCH3 is 1. The molecule has 29 heavy (non-hydrogen) atoms. The predicted octanol–water partition coefficient (Wildman–Crippen LogP) is 6.44. The van der Waals surface area contributed by atoms with E-state index in [9.17, 15) is 0 Å². The minimum Gasteiger partial charge on any atom is -0.497 e. The molecule has 0 aliphatic rings. The van der Waals surface area contributed by atoms with Gasteiger partial charge in [0.25, 0.3) is 0 Å². The molecule has 144 valence electrons. The summed E-state index contributed by atoms with van der Waals surface area (Å²) >= 11 is 1.75. The molecule has 4 rings (SSSR count). The maximum Gasteiger partial charge on any atom is 0.120 e. The lowest BCUT2D eigenvalue weighted by atomic mass is 9.92. The molecule has 2 nitrogen and oxygen atoms in total. The summed E-state index contributed by atoms with van der Waals surface area (Å²) in [5, 5.41) is 1.13. The lowest BCUT2D eigenvalue weighted by Crippen LogP contribution is -2.05. The van der Waals surface area contributed by atoms with Crippen molar-refractivity contribution < 1.29 is 4.74 Å². The molecule has 0 aliphatic heterocycles. The van der Waals surface area contributed by atoms with E-state index in [0.29, 0.717) is 0 Å². The SMILES string of the molecule is CCC#Cc1cccc(CC(c2ccccc2)c2nc3ccc(OC)cc3s2)c1. The first-order chi connectivity index (χ1) is 14.3. The second-order valence-corrected chi connectivity index (χ2v) is 7.97. The van der Waals surface area contributed by atoms with Crippen LogP contribution in [0, 0.1) is 11.8 Å². The van der Waals surface area contributed by atoms with Crippen molar-refractivity contribution in [2.75, 3.05) is 7.11 Å². The van der Waals surface area contributed by atoms with Crippen LogP contribution in [0.1, 0.15) is 41.0 Å². The van der Waals surface area contributed by atoms with Crippen molar-refractivity contribution in [1.82, 2.24) is 4.98 Å². The van der Waals surface area contributed by atoms with E-state index in [2.05, 4.69) is 79.4 Å². The fourth-order valence-corrected chi connectivity index (χ4v) is 4.56. The van der Waals surface area contributed by atoms with Crippen molar-refractivity contribution >= 4 is 21.6 Å². The fourth-order valence-electron chi connectivity index (χ4n) is 3.43. The fraction of sp³-hybridized carbons (Fsp3) is 0.192. The highest BCUT2D eigenvalue weighted by Gasteiger charge is 2.19. The molecule has 4 aromatic rings. The summed E-state index contributed by atoms with van der Waals surface area (Å²) in [6.07, 6.45) is 1.76. The molecule has 0 saturated heterocycles. The number of hydrogen-bond acceptors (Lipinski definition) is 3. The first kappa shape index (κ1) is 19.2. The third-order valence-corrected chi connectivity index (χ3v) is 6.02. The molecule has 0 saturated carbocycles. The van der Waals surface area contributed by atoms with E-state index in [4.69, 9.17) is 9.72 Å². The van der Waals surface area contributed by atoms with Gasteiger partial charge in [-0.05, 0) is 47.9 Å². The minimum atomic E-state index is 0.203. The molecular formula is C26H23NOS. The standard InChI is InChI=1S/C26H23NOS/c1-3-4-9-19-10-8-11-20(16-19)17-23(21-12-6-5-7-13-21)26-27-24-15-14-22(28-2)18-25(24)29-26/h5-8,10-16,18,23H,3,17H2,1-2H3. The lowest BCUT2D eigenvalue weighted by Gasteiger charge is -2.15. The molecule has 0 spiro atoms. The summed E-state index contributed by atoms with van der Waals surface area (Å²) < 4.78 is 6.54. The predicted molar refractivity (Wildman–Crippen MR) is 122 cm³/mol. The zero-order valence-corrected chi connectivity index (χ0v) is 17.5. The summed E-state index contributed by atoms with van der Waals surface area (Å²) in [4.78, 5) is 4.97. The Labute approximate surface area is 176 Å². The number of benzene rings is 3. The van der Waals surface area contributed by atoms with Crippen molar-refractivity contribution in [3.63, 3.8) is 0 Å². The van der Waals surface area contributed by atoms with Crippen LogP contribution in [0.2, 0.25) is 0 Å². The zero-order valence-electron chi connectivity index (χ0n) is 16.7. The highest BCUT2D eigenvalue weighted by Crippen LogP contribution is 2.35. The first-order valence-electron chi connectivity index (χ1n) is 9.84. The van der Waals surface area contributed by atoms with Gasteiger partial charge < -0.3 is 4.74 Å². The summed E-state index contributed by atoms with van der Waals surface area (Å²) in [6, 6.07) is 25.3. The Morgan fingerprint density at radius 1 is 1.00 bits per heavy atom. The van der Waals surface area contributed by atoms with Crippen molar-refractivity contribution in [2.24, 2.45) is 0 Å². The van der Waals surface area contributed by atoms with Gasteiger partial charge in [-0.15, -0.1) is 11.3 Å². The van der Waals surface area contributed by atoms with Crippen molar-refractivity contribution in [3.8, 4) is 17.6 Å². The van der Waals surface area contributed by atoms with Crippen molar-refractivity contribution in [1.29, 1.82) is 0 Å². The van der Waals surface area contributed by atoms with Crippen LogP contribution in [0.3, 0.4) is 0 Å². The van der Waals surface area contributed by atoms with Crippen LogP contribution in [0.5, 0.6) is 5.75 Å². The van der Waals surface area contributed by atoms with Gasteiger partial charge in [-0.1, -0.05) is 61.2 Å². The Kier molecular flexibility index (Phi) is 5.93. The average Bonchev–Trinajstić information content (AvgIpc) is 3.19. The Morgan fingerprint density at radius 2 is 1.86 bits per heavy atom. The van der Waals surface area contributed by atoms with Crippen LogP contribution in [-0.4, -0.2) is 12.1 Å². The largest absolute Gasteiger partial charge is 0.497 e. The van der Waals surface area contributed by atoms with Crippen LogP contribution in [0.15, 0.2) is 72.8 Å². The van der Waals surface area contributed by atoms with E-state index in [1.807, 2.05) is 12.1 Å². The molecule has 0 fully saturated rings. The quantitative estimate of drug-likeness (QED) is 0.362. The summed E-state index contributed by atoms with van der Waals surface area (Å²) in [5.74, 6) is 7.48. The van der Waals surface area contributed by atoms with Gasteiger partial charge in [0.2, 0.25) is 0 Å². The monoisotopic (exact) mass is 397 g/mol. The summed E-state index contributed by atoms with van der Waals surface area (Å²) in [7, 11) is 1.70. The number of fused-ring (bicyclic) bond motifs is 1. The van der Waals surface area contributed by atoms with E-state index in [-0.39, 0.29) is 5.92 Å². The first-order valence-corrected chi connectivity index (χ1v) is 10.7. The smallest absolute Gasteiger partial charge is 0.120 e. The average molecular weight is 398 g/mol. The maximum absolute atomic E-state index is 5.38. The van der Waals surface area contributed by atoms with Crippen LogP contribution >= 0.6 is 11.3 Å². The van der Waals surface area contributed by atoms with Gasteiger partial charge in [0.05, 0.1) is 17.3 Å². The zero-order chi connectivity index (χ0) is 20.1. The molecule has 0 amide bonds. The van der Waals surface area contributed by atoms with Gasteiger partial charge in [0, 0.05) is 17.9 Å². The Balaban J connectivity index is 1.73. The van der Waals surface area contributed by atoms with Crippen molar-refractivity contribution in [3.05, 3.63) is 94.5 Å². The molecule has 3 heteroatoms. The Morgan fingerprint density at radius 3 is 2.66 bits per heavy atom. The van der Waals surface area contributed by atoms with Crippen LogP contribution in [0.25, 0.3) is 10.2 Å². The maximum atomic E-state index is 5.38. The number of hydrogen-bond donors (Lipinski definition) is 0. The number of rotatable bonds is 5. The van der Waals surface area contributed by atoms with Crippen LogP contribution in [-0.2, 0) is 6.42 Å². The molecular weight excluding hydrogens is 374 g/mol. The topological polar surface area (TPSA) is 22.1 Å².